The molecule has 3 nitrogen and oxygen atoms in total. The van der Waals surface area contributed by atoms with Gasteiger partial charge in [0.25, 0.3) is 0 Å². The van der Waals surface area contributed by atoms with Crippen molar-refractivity contribution in [3.05, 3.63) is 0 Å². The zero-order chi connectivity index (χ0) is 5.86. The Labute approximate surface area is 41.6 Å². The summed E-state index contributed by atoms with van der Waals surface area (Å²) in [5.74, 6) is 0. The Morgan fingerprint density at radius 1 is 1.57 bits per heavy atom. The lowest BCUT2D eigenvalue weighted by molar-refractivity contribution is -0.119. The van der Waals surface area contributed by atoms with E-state index in [9.17, 15) is 4.79 Å². The lowest BCUT2D eigenvalue weighted by atomic mass is 10.3. The Bertz CT molecular complexity index is 60.0. The Kier molecular flexibility index (Phi) is 2.55. The summed E-state index contributed by atoms with van der Waals surface area (Å²) in [5.41, 5.74) is 0. The fourth-order valence-corrected chi connectivity index (χ4v) is 0.114. The quantitative estimate of drug-likeness (QED) is 0.438. The van der Waals surface area contributed by atoms with Crippen LogP contribution in [0.3, 0.4) is 0 Å². The van der Waals surface area contributed by atoms with Crippen LogP contribution >= 0.6 is 0 Å². The smallest absolute Gasteiger partial charge is 0.151 e. The molecule has 2 atom stereocenters. The van der Waals surface area contributed by atoms with Crippen LogP contribution in [0.25, 0.3) is 0 Å². The van der Waals surface area contributed by atoms with Crippen LogP contribution in [0.15, 0.2) is 0 Å². The summed E-state index contributed by atoms with van der Waals surface area (Å²) in [6, 6.07) is 0. The number of hydrogen-bond acceptors (Lipinski definition) is 3. The van der Waals surface area contributed by atoms with E-state index in [1.165, 1.54) is 6.92 Å². The predicted octanol–water partition coefficient (Wildman–Crippen LogP) is -1.07. The van der Waals surface area contributed by atoms with Crippen molar-refractivity contribution in [2.75, 3.05) is 0 Å². The highest BCUT2D eigenvalue weighted by Gasteiger charge is 2.06. The van der Waals surface area contributed by atoms with Crippen LogP contribution in [0.2, 0.25) is 0 Å². The monoisotopic (exact) mass is 104 g/mol. The zero-order valence-corrected chi connectivity index (χ0v) is 4.03. The van der Waals surface area contributed by atoms with E-state index in [-0.39, 0.29) is 0 Å². The highest BCUT2D eigenvalue weighted by Crippen LogP contribution is 1.83. The molecule has 0 radical (unpaired) electrons. The van der Waals surface area contributed by atoms with Crippen molar-refractivity contribution >= 4 is 6.29 Å². The van der Waals surface area contributed by atoms with Crippen molar-refractivity contribution in [3.8, 4) is 0 Å². The molecule has 0 aromatic rings. The third-order valence-corrected chi connectivity index (χ3v) is 0.634. The molecule has 0 aliphatic carbocycles. The molecule has 0 fully saturated rings. The Morgan fingerprint density at radius 3 is 2.00 bits per heavy atom. The Balaban J connectivity index is 3.33. The molecule has 0 rings (SSSR count). The lowest BCUT2D eigenvalue weighted by Crippen LogP contribution is -2.23. The number of hydrogen-bond donors (Lipinski definition) is 2. The lowest BCUT2D eigenvalue weighted by Gasteiger charge is -2.02. The van der Waals surface area contributed by atoms with Crippen molar-refractivity contribution in [2.24, 2.45) is 0 Å². The number of carbonyl (C=O) groups is 1. The summed E-state index contributed by atoms with van der Waals surface area (Å²) in [7, 11) is 0. The van der Waals surface area contributed by atoms with E-state index in [2.05, 4.69) is 0 Å². The minimum atomic E-state index is -1.22. The third kappa shape index (κ3) is 2.31. The van der Waals surface area contributed by atoms with Gasteiger partial charge in [-0.3, -0.25) is 0 Å². The van der Waals surface area contributed by atoms with Gasteiger partial charge in [0.2, 0.25) is 0 Å². The van der Waals surface area contributed by atoms with Gasteiger partial charge in [-0.15, -0.1) is 0 Å². The average Bonchev–Trinajstić information content (AvgIpc) is 1.65. The van der Waals surface area contributed by atoms with Crippen LogP contribution < -0.4 is 0 Å². The molecule has 0 aromatic heterocycles. The number of aliphatic hydroxyl groups excluding tert-OH is 2. The summed E-state index contributed by atoms with van der Waals surface area (Å²) in [5, 5.41) is 16.7. The minimum Gasteiger partial charge on any atom is -0.390 e. The van der Waals surface area contributed by atoms with Gasteiger partial charge in [-0.25, -0.2) is 0 Å². The van der Waals surface area contributed by atoms with Crippen molar-refractivity contribution in [2.45, 2.75) is 19.1 Å². The maximum Gasteiger partial charge on any atom is 0.151 e. The van der Waals surface area contributed by atoms with Gasteiger partial charge in [-0.2, -0.15) is 0 Å². The van der Waals surface area contributed by atoms with Crippen LogP contribution in [-0.2, 0) is 4.79 Å². The number of rotatable bonds is 2. The molecule has 0 heterocycles. The molecule has 0 bridgehead atoms. The zero-order valence-electron chi connectivity index (χ0n) is 4.03. The van der Waals surface area contributed by atoms with E-state index in [4.69, 9.17) is 10.2 Å². The summed E-state index contributed by atoms with van der Waals surface area (Å²) in [6.07, 6.45) is -1.87. The van der Waals surface area contributed by atoms with E-state index in [0.717, 1.165) is 0 Å². The van der Waals surface area contributed by atoms with Gasteiger partial charge < -0.3 is 15.0 Å². The first-order valence-electron chi connectivity index (χ1n) is 2.00. The summed E-state index contributed by atoms with van der Waals surface area (Å²) in [6.45, 7) is 1.35. The second kappa shape index (κ2) is 2.71. The Hall–Kier alpha value is -0.410. The normalized spacial score (nSPS) is 18.1. The van der Waals surface area contributed by atoms with Gasteiger partial charge in [0.05, 0.1) is 6.10 Å². The number of aliphatic hydroxyl groups is 2. The molecular weight excluding hydrogens is 96.0 g/mol. The van der Waals surface area contributed by atoms with E-state index >= 15 is 0 Å². The fraction of sp³-hybridized carbons (Fsp3) is 0.750. The average molecular weight is 104 g/mol. The maximum atomic E-state index is 9.54. The van der Waals surface area contributed by atoms with Crippen LogP contribution in [0.5, 0.6) is 0 Å². The first-order chi connectivity index (χ1) is 3.18. The van der Waals surface area contributed by atoms with Gasteiger partial charge >= 0.3 is 0 Å². The predicted molar refractivity (Wildman–Crippen MR) is 23.8 cm³/mol. The largest absolute Gasteiger partial charge is 0.390 e. The molecule has 0 aromatic carbocycles. The van der Waals surface area contributed by atoms with Gasteiger partial charge in [-0.1, -0.05) is 0 Å². The molecule has 0 amide bonds. The molecule has 0 saturated carbocycles. The highest BCUT2D eigenvalue weighted by molar-refractivity contribution is 5.56. The third-order valence-electron chi connectivity index (χ3n) is 0.634. The fourth-order valence-electron chi connectivity index (χ4n) is 0.114. The van der Waals surface area contributed by atoms with Crippen molar-refractivity contribution in [1.29, 1.82) is 0 Å². The molecule has 2 N–H and O–H groups in total. The molecule has 0 saturated heterocycles. The van der Waals surface area contributed by atoms with E-state index in [1.807, 2.05) is 0 Å². The molecule has 3 heteroatoms. The molecular formula is C4H8O3. The topological polar surface area (TPSA) is 57.5 Å². The van der Waals surface area contributed by atoms with Crippen molar-refractivity contribution in [3.63, 3.8) is 0 Å². The first-order valence-corrected chi connectivity index (χ1v) is 2.00. The van der Waals surface area contributed by atoms with E-state index in [1.54, 1.807) is 0 Å². The SMILES string of the molecule is CC(O)[C@H](O)C=O. The summed E-state index contributed by atoms with van der Waals surface area (Å²) < 4.78 is 0. The van der Waals surface area contributed by atoms with Crippen LogP contribution in [0.1, 0.15) is 6.92 Å². The molecule has 42 valence electrons. The van der Waals surface area contributed by atoms with Crippen LogP contribution in [0, 0.1) is 0 Å². The van der Waals surface area contributed by atoms with E-state index in [0.29, 0.717) is 6.29 Å². The second-order valence-corrected chi connectivity index (χ2v) is 1.37. The summed E-state index contributed by atoms with van der Waals surface area (Å²) in [4.78, 5) is 9.54. The maximum absolute atomic E-state index is 9.54. The number of aldehydes is 1. The van der Waals surface area contributed by atoms with Gasteiger partial charge in [0.1, 0.15) is 6.10 Å². The highest BCUT2D eigenvalue weighted by atomic mass is 16.3. The van der Waals surface area contributed by atoms with Gasteiger partial charge in [0.15, 0.2) is 6.29 Å². The second-order valence-electron chi connectivity index (χ2n) is 1.37. The first kappa shape index (κ1) is 6.59. The molecule has 0 aliphatic rings. The van der Waals surface area contributed by atoms with Crippen LogP contribution in [-0.4, -0.2) is 28.7 Å². The van der Waals surface area contributed by atoms with Gasteiger partial charge in [-0.05, 0) is 6.92 Å². The number of carbonyl (C=O) groups excluding carboxylic acids is 1. The van der Waals surface area contributed by atoms with Crippen molar-refractivity contribution in [1.82, 2.24) is 0 Å². The summed E-state index contributed by atoms with van der Waals surface area (Å²) >= 11 is 0. The Morgan fingerprint density at radius 2 is 2.00 bits per heavy atom. The molecule has 0 spiro atoms. The molecule has 0 aliphatic heterocycles. The van der Waals surface area contributed by atoms with Crippen LogP contribution in [0.4, 0.5) is 0 Å². The molecule has 1 unspecified atom stereocenters. The van der Waals surface area contributed by atoms with E-state index < -0.39 is 12.2 Å². The minimum absolute atomic E-state index is 0.296. The standard InChI is InChI=1S/C4H8O3/c1-3(6)4(7)2-5/h2-4,6-7H,1H3/t3?,4-/m1/s1. The van der Waals surface area contributed by atoms with Gasteiger partial charge in [0, 0.05) is 0 Å². The molecule has 7 heavy (non-hydrogen) atoms. The van der Waals surface area contributed by atoms with Crippen molar-refractivity contribution < 1.29 is 15.0 Å².